The quantitative estimate of drug-likeness (QED) is 0.710. The van der Waals surface area contributed by atoms with Gasteiger partial charge in [0.1, 0.15) is 6.61 Å². The Morgan fingerprint density at radius 3 is 2.03 bits per heavy atom. The number of alkyl halides is 3. The number of rotatable bonds is 5. The second-order valence-electron chi connectivity index (χ2n) is 8.32. The molecule has 2 N–H and O–H groups in total. The van der Waals surface area contributed by atoms with Crippen molar-refractivity contribution in [3.05, 3.63) is 59.7 Å². The number of alkyl carbamates (subject to hydrolysis) is 1. The van der Waals surface area contributed by atoms with Gasteiger partial charge >= 0.3 is 18.2 Å². The molecule has 0 bridgehead atoms. The summed E-state index contributed by atoms with van der Waals surface area (Å²) in [6, 6.07) is 15.0. The summed E-state index contributed by atoms with van der Waals surface area (Å²) in [5.74, 6) is -3.91. The summed E-state index contributed by atoms with van der Waals surface area (Å²) in [6.45, 7) is -0.379. The van der Waals surface area contributed by atoms with Crippen LogP contribution in [0.15, 0.2) is 48.5 Å². The van der Waals surface area contributed by atoms with E-state index in [0.29, 0.717) is 6.92 Å². The highest BCUT2D eigenvalue weighted by atomic mass is 19.4. The number of ether oxygens (including phenoxy) is 1. The van der Waals surface area contributed by atoms with E-state index < -0.39 is 35.6 Å². The van der Waals surface area contributed by atoms with Crippen molar-refractivity contribution < 1.29 is 37.4 Å². The normalized spacial score (nSPS) is 17.4. The Morgan fingerprint density at radius 1 is 1.03 bits per heavy atom. The van der Waals surface area contributed by atoms with Gasteiger partial charge in [-0.1, -0.05) is 48.5 Å². The van der Waals surface area contributed by atoms with Gasteiger partial charge in [0.2, 0.25) is 5.54 Å². The van der Waals surface area contributed by atoms with E-state index >= 15 is 0 Å². The van der Waals surface area contributed by atoms with Crippen molar-refractivity contribution in [2.24, 2.45) is 5.92 Å². The molecule has 0 radical (unpaired) electrons. The minimum Gasteiger partial charge on any atom is -0.481 e. The van der Waals surface area contributed by atoms with Crippen molar-refractivity contribution in [1.29, 1.82) is 0 Å². The van der Waals surface area contributed by atoms with Crippen molar-refractivity contribution in [2.75, 3.05) is 19.7 Å². The van der Waals surface area contributed by atoms with Crippen LogP contribution >= 0.6 is 0 Å². The van der Waals surface area contributed by atoms with Crippen LogP contribution in [0.1, 0.15) is 24.0 Å². The molecular formula is C23H21F3N2O5. The van der Waals surface area contributed by atoms with Crippen molar-refractivity contribution in [3.63, 3.8) is 0 Å². The lowest BCUT2D eigenvalue weighted by Gasteiger charge is -2.42. The molecule has 2 amide bonds. The van der Waals surface area contributed by atoms with Crippen LogP contribution < -0.4 is 5.32 Å². The van der Waals surface area contributed by atoms with Crippen LogP contribution in [0.3, 0.4) is 0 Å². The summed E-state index contributed by atoms with van der Waals surface area (Å²) < 4.78 is 46.5. The van der Waals surface area contributed by atoms with E-state index in [-0.39, 0.29) is 25.6 Å². The van der Waals surface area contributed by atoms with Crippen LogP contribution in [0, 0.1) is 5.92 Å². The number of carboxylic acids is 1. The molecule has 2 aliphatic rings. The largest absolute Gasteiger partial charge is 0.481 e. The fraction of sp³-hybridized carbons (Fsp3) is 0.348. The molecule has 1 saturated heterocycles. The van der Waals surface area contributed by atoms with Gasteiger partial charge in [-0.15, -0.1) is 0 Å². The Kier molecular flexibility index (Phi) is 5.55. The smallest absolute Gasteiger partial charge is 0.420 e. The summed E-state index contributed by atoms with van der Waals surface area (Å²) in [4.78, 5) is 36.6. The molecule has 0 spiro atoms. The number of nitrogens with zero attached hydrogens (tertiary/aromatic N) is 1. The van der Waals surface area contributed by atoms with Gasteiger partial charge in [-0.25, -0.2) is 4.79 Å². The van der Waals surface area contributed by atoms with Gasteiger partial charge in [0.25, 0.3) is 5.91 Å². The van der Waals surface area contributed by atoms with E-state index in [1.165, 1.54) is 0 Å². The average Bonchev–Trinajstić information content (AvgIpc) is 3.03. The molecule has 2 aromatic rings. The van der Waals surface area contributed by atoms with Crippen molar-refractivity contribution in [1.82, 2.24) is 10.2 Å². The number of nitrogens with one attached hydrogen (secondary N) is 1. The Hall–Kier alpha value is -3.56. The molecule has 0 saturated carbocycles. The van der Waals surface area contributed by atoms with E-state index in [2.05, 4.69) is 0 Å². The number of likely N-dealkylation sites (tertiary alicyclic amines) is 1. The van der Waals surface area contributed by atoms with Gasteiger partial charge in [-0.05, 0) is 29.2 Å². The zero-order valence-electron chi connectivity index (χ0n) is 17.6. The lowest BCUT2D eigenvalue weighted by molar-refractivity contribution is -0.203. The van der Waals surface area contributed by atoms with Gasteiger partial charge in [0.15, 0.2) is 0 Å². The molecule has 0 aromatic heterocycles. The molecule has 1 aliphatic heterocycles. The number of carboxylic acid groups (broad SMARTS) is 1. The second-order valence-corrected chi connectivity index (χ2v) is 8.32. The topological polar surface area (TPSA) is 95.9 Å². The maximum absolute atomic E-state index is 13.8. The zero-order chi connectivity index (χ0) is 24.0. The first kappa shape index (κ1) is 22.6. The Balaban J connectivity index is 1.47. The molecule has 174 valence electrons. The minimum atomic E-state index is -5.12. The molecule has 33 heavy (non-hydrogen) atoms. The maximum Gasteiger partial charge on any atom is 0.420 e. The van der Waals surface area contributed by atoms with Crippen LogP contribution in [0.2, 0.25) is 0 Å². The number of halogens is 3. The monoisotopic (exact) mass is 462 g/mol. The Morgan fingerprint density at radius 2 is 1.55 bits per heavy atom. The minimum absolute atomic E-state index is 0.215. The van der Waals surface area contributed by atoms with E-state index in [1.54, 1.807) is 5.32 Å². The number of benzene rings is 2. The van der Waals surface area contributed by atoms with E-state index in [0.717, 1.165) is 27.2 Å². The number of carbonyl (C=O) groups is 3. The van der Waals surface area contributed by atoms with Crippen molar-refractivity contribution in [2.45, 2.75) is 24.6 Å². The van der Waals surface area contributed by atoms with Crippen molar-refractivity contribution in [3.8, 4) is 11.1 Å². The molecule has 2 aromatic carbocycles. The maximum atomic E-state index is 13.8. The van der Waals surface area contributed by atoms with Crippen LogP contribution in [-0.2, 0) is 14.3 Å². The Bertz CT molecular complexity index is 1070. The highest BCUT2D eigenvalue weighted by Gasteiger charge is 2.61. The third-order valence-corrected chi connectivity index (χ3v) is 6.21. The fourth-order valence-corrected chi connectivity index (χ4v) is 4.20. The molecule has 1 heterocycles. The molecule has 1 fully saturated rings. The third-order valence-electron chi connectivity index (χ3n) is 6.21. The van der Waals surface area contributed by atoms with Gasteiger partial charge in [-0.2, -0.15) is 13.2 Å². The molecule has 1 atom stereocenters. The lowest BCUT2D eigenvalue weighted by Crippen LogP contribution is -2.69. The highest BCUT2D eigenvalue weighted by Crippen LogP contribution is 2.44. The Labute approximate surface area is 187 Å². The molecule has 10 heteroatoms. The number of aliphatic carboxylic acids is 1. The number of hydrogen-bond acceptors (Lipinski definition) is 4. The summed E-state index contributed by atoms with van der Waals surface area (Å²) in [7, 11) is 0. The predicted molar refractivity (Wildman–Crippen MR) is 110 cm³/mol. The summed E-state index contributed by atoms with van der Waals surface area (Å²) in [5, 5.41) is 10.6. The van der Waals surface area contributed by atoms with Crippen LogP contribution in [0.5, 0.6) is 0 Å². The summed E-state index contributed by atoms with van der Waals surface area (Å²) in [6.07, 6.45) is -6.51. The van der Waals surface area contributed by atoms with E-state index in [1.807, 2.05) is 48.5 Å². The standard InChI is InChI=1S/C23H21F3N2O5/c1-22(23(24,25)26,20(31)28-10-13(11-28)19(29)30)27-21(32)33-12-18-16-8-4-2-6-14(16)15-7-3-5-9-17(15)18/h2-9,13,18H,10-12H2,1H3,(H,27,32)(H,29,30). The number of fused-ring (bicyclic) bond motifs is 3. The van der Waals surface area contributed by atoms with E-state index in [9.17, 15) is 27.6 Å². The molecule has 1 aliphatic carbocycles. The first-order valence-corrected chi connectivity index (χ1v) is 10.2. The fourth-order valence-electron chi connectivity index (χ4n) is 4.20. The number of amides is 2. The van der Waals surface area contributed by atoms with Gasteiger partial charge < -0.3 is 14.7 Å². The molecule has 4 rings (SSSR count). The predicted octanol–water partition coefficient (Wildman–Crippen LogP) is 3.39. The zero-order valence-corrected chi connectivity index (χ0v) is 17.6. The number of carbonyl (C=O) groups excluding carboxylic acids is 2. The number of hydrogen-bond donors (Lipinski definition) is 2. The molecule has 1 unspecified atom stereocenters. The van der Waals surface area contributed by atoms with Gasteiger partial charge in [-0.3, -0.25) is 14.9 Å². The van der Waals surface area contributed by atoms with E-state index in [4.69, 9.17) is 9.84 Å². The first-order valence-electron chi connectivity index (χ1n) is 10.2. The average molecular weight is 462 g/mol. The molecular weight excluding hydrogens is 441 g/mol. The first-order chi connectivity index (χ1) is 15.5. The van der Waals surface area contributed by atoms with Crippen LogP contribution in [0.25, 0.3) is 11.1 Å². The lowest BCUT2D eigenvalue weighted by atomic mass is 9.93. The van der Waals surface area contributed by atoms with Gasteiger partial charge in [0.05, 0.1) is 5.92 Å². The SMILES string of the molecule is CC(NC(=O)OCC1c2ccccc2-c2ccccc21)(C(=O)N1CC(C(=O)O)C1)C(F)(F)F. The summed E-state index contributed by atoms with van der Waals surface area (Å²) in [5.41, 5.74) is 0.452. The highest BCUT2D eigenvalue weighted by molar-refractivity contribution is 5.92. The second kappa shape index (κ2) is 8.09. The van der Waals surface area contributed by atoms with Crippen molar-refractivity contribution >= 4 is 18.0 Å². The van der Waals surface area contributed by atoms with Gasteiger partial charge in [0, 0.05) is 19.0 Å². The molecule has 7 nitrogen and oxygen atoms in total. The van der Waals surface area contributed by atoms with Crippen LogP contribution in [-0.4, -0.2) is 59.4 Å². The van der Waals surface area contributed by atoms with Crippen LogP contribution in [0.4, 0.5) is 18.0 Å². The summed E-state index contributed by atoms with van der Waals surface area (Å²) >= 11 is 0. The third kappa shape index (κ3) is 3.90.